The van der Waals surface area contributed by atoms with Crippen molar-refractivity contribution >= 4 is 17.3 Å². The number of piperidine rings is 1. The summed E-state index contributed by atoms with van der Waals surface area (Å²) in [4.78, 5) is 2.40. The predicted octanol–water partition coefficient (Wildman–Crippen LogP) is 3.99. The minimum Gasteiger partial charge on any atom is -0.370 e. The molecule has 0 radical (unpaired) electrons. The smallest absolute Gasteiger partial charge is 0.0642 e. The summed E-state index contributed by atoms with van der Waals surface area (Å²) in [6.45, 7) is 8.80. The molecule has 1 aliphatic rings. The molecule has 100 valence electrons. The maximum absolute atomic E-state index is 6.40. The molecule has 1 aromatic rings. The Morgan fingerprint density at radius 3 is 2.67 bits per heavy atom. The van der Waals surface area contributed by atoms with Gasteiger partial charge in [-0.1, -0.05) is 31.5 Å². The minimum absolute atomic E-state index is 0.0364. The Kier molecular flexibility index (Phi) is 3.88. The number of nitrogens with zero attached hydrogens (tertiary/aromatic N) is 1. The summed E-state index contributed by atoms with van der Waals surface area (Å²) in [6, 6.07) is 6.24. The predicted molar refractivity (Wildman–Crippen MR) is 79.3 cm³/mol. The zero-order valence-corrected chi connectivity index (χ0v) is 12.3. The highest BCUT2D eigenvalue weighted by Crippen LogP contribution is 2.35. The van der Waals surface area contributed by atoms with Gasteiger partial charge in [-0.15, -0.1) is 0 Å². The van der Waals surface area contributed by atoms with Crippen molar-refractivity contribution in [3.8, 4) is 0 Å². The Labute approximate surface area is 115 Å². The molecule has 1 aliphatic heterocycles. The molecule has 1 atom stereocenters. The van der Waals surface area contributed by atoms with E-state index in [1.54, 1.807) is 0 Å². The molecule has 1 aromatic carbocycles. The van der Waals surface area contributed by atoms with E-state index in [9.17, 15) is 0 Å². The lowest BCUT2D eigenvalue weighted by molar-refractivity contribution is 0.293. The van der Waals surface area contributed by atoms with Gasteiger partial charge in [0.25, 0.3) is 0 Å². The third-order valence-corrected chi connectivity index (χ3v) is 4.04. The van der Waals surface area contributed by atoms with Crippen LogP contribution in [-0.2, 0) is 0 Å². The third kappa shape index (κ3) is 2.99. The number of hydrogen-bond donors (Lipinski definition) is 1. The summed E-state index contributed by atoms with van der Waals surface area (Å²) >= 11 is 6.40. The molecule has 2 N–H and O–H groups in total. The quantitative estimate of drug-likeness (QED) is 0.877. The number of rotatable bonds is 2. The van der Waals surface area contributed by atoms with Crippen LogP contribution in [0.1, 0.15) is 45.2 Å². The fraction of sp³-hybridized carbons (Fsp3) is 0.600. The number of halogens is 1. The fourth-order valence-corrected chi connectivity index (χ4v) is 3.00. The Hall–Kier alpha value is -0.730. The van der Waals surface area contributed by atoms with E-state index >= 15 is 0 Å². The standard InChI is InChI=1S/C15H23ClN2/c1-11(17)12-5-6-14(13(16)9-12)18-8-4-7-15(2,3)10-18/h5-6,9,11H,4,7-8,10,17H2,1-3H3. The number of hydrogen-bond acceptors (Lipinski definition) is 2. The van der Waals surface area contributed by atoms with E-state index in [-0.39, 0.29) is 6.04 Å². The van der Waals surface area contributed by atoms with Crippen molar-refractivity contribution in [3.05, 3.63) is 28.8 Å². The average Bonchev–Trinajstić information content (AvgIpc) is 2.27. The Morgan fingerprint density at radius 1 is 1.39 bits per heavy atom. The molecule has 2 rings (SSSR count). The van der Waals surface area contributed by atoms with Crippen LogP contribution >= 0.6 is 11.6 Å². The van der Waals surface area contributed by atoms with Crippen LogP contribution in [0, 0.1) is 5.41 Å². The van der Waals surface area contributed by atoms with E-state index in [4.69, 9.17) is 17.3 Å². The number of anilines is 1. The maximum Gasteiger partial charge on any atom is 0.0642 e. The summed E-state index contributed by atoms with van der Waals surface area (Å²) in [6.07, 6.45) is 2.53. The van der Waals surface area contributed by atoms with Gasteiger partial charge in [0.1, 0.15) is 0 Å². The van der Waals surface area contributed by atoms with Crippen LogP contribution in [0.15, 0.2) is 18.2 Å². The highest BCUT2D eigenvalue weighted by molar-refractivity contribution is 6.33. The number of benzene rings is 1. The van der Waals surface area contributed by atoms with E-state index in [0.717, 1.165) is 29.4 Å². The first-order chi connectivity index (χ1) is 8.39. The average molecular weight is 267 g/mol. The molecule has 0 aromatic heterocycles. The van der Waals surface area contributed by atoms with Gasteiger partial charge in [0.05, 0.1) is 10.7 Å². The van der Waals surface area contributed by atoms with Crippen LogP contribution in [-0.4, -0.2) is 13.1 Å². The molecule has 0 aliphatic carbocycles. The first-order valence-electron chi connectivity index (χ1n) is 6.69. The summed E-state index contributed by atoms with van der Waals surface area (Å²) in [7, 11) is 0. The molecule has 1 saturated heterocycles. The second kappa shape index (κ2) is 5.10. The van der Waals surface area contributed by atoms with Gasteiger partial charge in [0.15, 0.2) is 0 Å². The van der Waals surface area contributed by atoms with E-state index in [1.165, 1.54) is 12.8 Å². The lowest BCUT2D eigenvalue weighted by Gasteiger charge is -2.39. The van der Waals surface area contributed by atoms with Gasteiger partial charge in [-0.2, -0.15) is 0 Å². The molecule has 18 heavy (non-hydrogen) atoms. The van der Waals surface area contributed by atoms with Crippen LogP contribution in [0.4, 0.5) is 5.69 Å². The molecule has 3 heteroatoms. The second-order valence-electron chi connectivity index (χ2n) is 6.19. The van der Waals surface area contributed by atoms with Gasteiger partial charge in [-0.25, -0.2) is 0 Å². The van der Waals surface area contributed by atoms with Gasteiger partial charge in [-0.3, -0.25) is 0 Å². The zero-order chi connectivity index (χ0) is 13.3. The fourth-order valence-electron chi connectivity index (χ4n) is 2.69. The van der Waals surface area contributed by atoms with E-state index in [2.05, 4.69) is 30.9 Å². The van der Waals surface area contributed by atoms with Crippen LogP contribution < -0.4 is 10.6 Å². The van der Waals surface area contributed by atoms with Crippen molar-refractivity contribution in [1.82, 2.24) is 0 Å². The Morgan fingerprint density at radius 2 is 2.11 bits per heavy atom. The van der Waals surface area contributed by atoms with Gasteiger partial charge < -0.3 is 10.6 Å². The summed E-state index contributed by atoms with van der Waals surface area (Å²) in [5, 5.41) is 0.822. The second-order valence-corrected chi connectivity index (χ2v) is 6.60. The molecule has 1 heterocycles. The SMILES string of the molecule is CC(N)c1ccc(N2CCCC(C)(C)C2)c(Cl)c1. The first-order valence-corrected chi connectivity index (χ1v) is 7.07. The highest BCUT2D eigenvalue weighted by Gasteiger charge is 2.27. The van der Waals surface area contributed by atoms with Gasteiger partial charge in [-0.05, 0) is 42.9 Å². The molecular weight excluding hydrogens is 244 g/mol. The molecule has 0 amide bonds. The van der Waals surface area contributed by atoms with Crippen LogP contribution in [0.5, 0.6) is 0 Å². The van der Waals surface area contributed by atoms with Crippen molar-refractivity contribution in [3.63, 3.8) is 0 Å². The lowest BCUT2D eigenvalue weighted by Crippen LogP contribution is -2.40. The minimum atomic E-state index is 0.0364. The highest BCUT2D eigenvalue weighted by atomic mass is 35.5. The monoisotopic (exact) mass is 266 g/mol. The number of nitrogens with two attached hydrogens (primary N) is 1. The molecule has 0 saturated carbocycles. The van der Waals surface area contributed by atoms with Crippen LogP contribution in [0.3, 0.4) is 0 Å². The Balaban J connectivity index is 2.23. The topological polar surface area (TPSA) is 29.3 Å². The van der Waals surface area contributed by atoms with Crippen molar-refractivity contribution in [2.45, 2.75) is 39.7 Å². The van der Waals surface area contributed by atoms with E-state index in [1.807, 2.05) is 13.0 Å². The van der Waals surface area contributed by atoms with Gasteiger partial charge in [0.2, 0.25) is 0 Å². The molecule has 1 unspecified atom stereocenters. The van der Waals surface area contributed by atoms with Gasteiger partial charge in [0, 0.05) is 19.1 Å². The van der Waals surface area contributed by atoms with Crippen molar-refractivity contribution in [2.24, 2.45) is 11.1 Å². The Bertz CT molecular complexity index is 427. The van der Waals surface area contributed by atoms with Crippen molar-refractivity contribution < 1.29 is 0 Å². The largest absolute Gasteiger partial charge is 0.370 e. The van der Waals surface area contributed by atoms with Crippen LogP contribution in [0.2, 0.25) is 5.02 Å². The zero-order valence-electron chi connectivity index (χ0n) is 11.5. The van der Waals surface area contributed by atoms with Crippen molar-refractivity contribution in [2.75, 3.05) is 18.0 Å². The summed E-state index contributed by atoms with van der Waals surface area (Å²) in [5.74, 6) is 0. The van der Waals surface area contributed by atoms with Crippen molar-refractivity contribution in [1.29, 1.82) is 0 Å². The van der Waals surface area contributed by atoms with Gasteiger partial charge >= 0.3 is 0 Å². The molecular formula is C15H23ClN2. The molecule has 1 fully saturated rings. The summed E-state index contributed by atoms with van der Waals surface area (Å²) < 4.78 is 0. The van der Waals surface area contributed by atoms with E-state index in [0.29, 0.717) is 5.41 Å². The first kappa shape index (κ1) is 13.7. The lowest BCUT2D eigenvalue weighted by atomic mass is 9.84. The normalized spacial score (nSPS) is 20.8. The maximum atomic E-state index is 6.40. The molecule has 0 spiro atoms. The van der Waals surface area contributed by atoms with E-state index < -0.39 is 0 Å². The molecule has 0 bridgehead atoms. The third-order valence-electron chi connectivity index (χ3n) is 3.74. The van der Waals surface area contributed by atoms with Crippen LogP contribution in [0.25, 0.3) is 0 Å². The molecule has 2 nitrogen and oxygen atoms in total. The summed E-state index contributed by atoms with van der Waals surface area (Å²) in [5.41, 5.74) is 8.50.